The van der Waals surface area contributed by atoms with Gasteiger partial charge in [0.15, 0.2) is 11.6 Å². The molecule has 0 fully saturated rings. The Morgan fingerprint density at radius 2 is 1.98 bits per heavy atom. The number of fused-ring (bicyclic) bond motifs is 1. The van der Waals surface area contributed by atoms with E-state index >= 15 is 4.39 Å². The Balaban J connectivity index is 1.35. The average molecular weight is 562 g/mol. The standard InChI is InChI=1S/C30H36FN7O3/c1-19(2)36-11-10-22-12-21(6-7-23(22)16-36)15-37-17-25(26(34-37)18-40-4)30(39)32-13-24-27(38-14-20(3)33-35-38)8-9-28(41-5)29(24)31/h6-9,12,14,17,19H,10-11,13,15-16,18H2,1-5H3,(H,32,39). The molecule has 0 atom stereocenters. The number of ether oxygens (including phenoxy) is 2. The Morgan fingerprint density at radius 3 is 2.68 bits per heavy atom. The van der Waals surface area contributed by atoms with Gasteiger partial charge in [-0.05, 0) is 56.0 Å². The van der Waals surface area contributed by atoms with E-state index in [1.807, 2.05) is 0 Å². The van der Waals surface area contributed by atoms with Crippen molar-refractivity contribution in [1.29, 1.82) is 0 Å². The molecular weight excluding hydrogens is 525 g/mol. The molecule has 216 valence electrons. The van der Waals surface area contributed by atoms with Crippen molar-refractivity contribution < 1.29 is 18.7 Å². The van der Waals surface area contributed by atoms with Crippen molar-refractivity contribution in [3.8, 4) is 11.4 Å². The number of amides is 1. The molecule has 3 heterocycles. The number of methoxy groups -OCH3 is 2. The van der Waals surface area contributed by atoms with Gasteiger partial charge in [0.1, 0.15) is 5.69 Å². The third-order valence-electron chi connectivity index (χ3n) is 7.43. The predicted octanol–water partition coefficient (Wildman–Crippen LogP) is 3.81. The number of hydrogen-bond acceptors (Lipinski definition) is 7. The molecule has 1 N–H and O–H groups in total. The summed E-state index contributed by atoms with van der Waals surface area (Å²) in [5, 5.41) is 15.5. The SMILES string of the molecule is COCc1nn(Cc2ccc3c(c2)CCN(C(C)C)C3)cc1C(=O)NCc1c(-n2cc(C)nn2)ccc(OC)c1F. The van der Waals surface area contributed by atoms with Crippen molar-refractivity contribution >= 4 is 5.91 Å². The number of aromatic nitrogens is 5. The van der Waals surface area contributed by atoms with Crippen molar-refractivity contribution in [1.82, 2.24) is 35.0 Å². The molecule has 0 bridgehead atoms. The van der Waals surface area contributed by atoms with E-state index in [-0.39, 0.29) is 30.4 Å². The van der Waals surface area contributed by atoms with Crippen molar-refractivity contribution in [2.24, 2.45) is 0 Å². The normalized spacial score (nSPS) is 13.4. The fourth-order valence-corrected chi connectivity index (χ4v) is 5.19. The van der Waals surface area contributed by atoms with Crippen molar-refractivity contribution in [3.63, 3.8) is 0 Å². The third-order valence-corrected chi connectivity index (χ3v) is 7.43. The molecule has 2 aromatic carbocycles. The van der Waals surface area contributed by atoms with E-state index < -0.39 is 5.82 Å². The lowest BCUT2D eigenvalue weighted by Gasteiger charge is -2.32. The molecule has 4 aromatic rings. The van der Waals surface area contributed by atoms with Crippen LogP contribution in [-0.2, 0) is 37.4 Å². The average Bonchev–Trinajstić information content (AvgIpc) is 3.57. The second-order valence-electron chi connectivity index (χ2n) is 10.6. The molecule has 1 aliphatic rings. The maximum absolute atomic E-state index is 15.3. The zero-order valence-electron chi connectivity index (χ0n) is 24.1. The van der Waals surface area contributed by atoms with Crippen LogP contribution in [-0.4, -0.2) is 62.4 Å². The number of nitrogens with zero attached hydrogens (tertiary/aromatic N) is 6. The maximum atomic E-state index is 15.3. The minimum Gasteiger partial charge on any atom is -0.494 e. The second-order valence-corrected chi connectivity index (χ2v) is 10.6. The number of carbonyl (C=O) groups is 1. The number of rotatable bonds is 10. The topological polar surface area (TPSA) is 99.3 Å². The minimum atomic E-state index is -0.574. The summed E-state index contributed by atoms with van der Waals surface area (Å²) >= 11 is 0. The molecule has 0 saturated carbocycles. The fraction of sp³-hybridized carbons (Fsp3) is 0.400. The molecule has 41 heavy (non-hydrogen) atoms. The summed E-state index contributed by atoms with van der Waals surface area (Å²) in [6, 6.07) is 10.3. The lowest BCUT2D eigenvalue weighted by molar-refractivity contribution is 0.0945. The highest BCUT2D eigenvalue weighted by molar-refractivity contribution is 5.95. The highest BCUT2D eigenvalue weighted by atomic mass is 19.1. The van der Waals surface area contributed by atoms with Gasteiger partial charge in [-0.15, -0.1) is 5.10 Å². The van der Waals surface area contributed by atoms with Crippen molar-refractivity contribution in [2.45, 2.75) is 59.5 Å². The van der Waals surface area contributed by atoms with Gasteiger partial charge >= 0.3 is 0 Å². The largest absolute Gasteiger partial charge is 0.494 e. The smallest absolute Gasteiger partial charge is 0.255 e. The molecule has 2 aromatic heterocycles. The van der Waals surface area contributed by atoms with Crippen LogP contribution in [0.15, 0.2) is 42.7 Å². The van der Waals surface area contributed by atoms with Crippen LogP contribution in [0.2, 0.25) is 0 Å². The predicted molar refractivity (Wildman–Crippen MR) is 152 cm³/mol. The number of carbonyl (C=O) groups excluding carboxylic acids is 1. The first-order valence-electron chi connectivity index (χ1n) is 13.7. The molecular formula is C30H36FN7O3. The van der Waals surface area contributed by atoms with E-state index in [0.29, 0.717) is 35.2 Å². The van der Waals surface area contributed by atoms with Crippen LogP contribution in [0.1, 0.15) is 57.8 Å². The van der Waals surface area contributed by atoms with Crippen LogP contribution in [0.5, 0.6) is 5.75 Å². The van der Waals surface area contributed by atoms with Gasteiger partial charge in [-0.3, -0.25) is 14.4 Å². The van der Waals surface area contributed by atoms with Crippen LogP contribution in [0.25, 0.3) is 5.69 Å². The Bertz CT molecular complexity index is 1550. The van der Waals surface area contributed by atoms with Crippen molar-refractivity contribution in [3.05, 3.63) is 87.7 Å². The van der Waals surface area contributed by atoms with Crippen LogP contribution in [0, 0.1) is 12.7 Å². The summed E-state index contributed by atoms with van der Waals surface area (Å²) in [5.74, 6) is -0.884. The first-order valence-corrected chi connectivity index (χ1v) is 13.7. The van der Waals surface area contributed by atoms with E-state index in [2.05, 4.69) is 57.7 Å². The summed E-state index contributed by atoms with van der Waals surface area (Å²) in [6.07, 6.45) is 4.42. The van der Waals surface area contributed by atoms with Gasteiger partial charge < -0.3 is 14.8 Å². The van der Waals surface area contributed by atoms with Gasteiger partial charge in [-0.25, -0.2) is 9.07 Å². The Morgan fingerprint density at radius 1 is 1.15 bits per heavy atom. The van der Waals surface area contributed by atoms with Crippen molar-refractivity contribution in [2.75, 3.05) is 20.8 Å². The lowest BCUT2D eigenvalue weighted by Crippen LogP contribution is -2.35. The number of aryl methyl sites for hydroxylation is 1. The summed E-state index contributed by atoms with van der Waals surface area (Å²) in [7, 11) is 2.96. The van der Waals surface area contributed by atoms with Gasteiger partial charge in [0.05, 0.1) is 43.4 Å². The highest BCUT2D eigenvalue weighted by Crippen LogP contribution is 2.27. The first kappa shape index (κ1) is 28.4. The fourth-order valence-electron chi connectivity index (χ4n) is 5.19. The van der Waals surface area contributed by atoms with E-state index in [9.17, 15) is 4.79 Å². The summed E-state index contributed by atoms with van der Waals surface area (Å²) in [6.45, 7) is 8.86. The zero-order chi connectivity index (χ0) is 29.1. The Hall–Kier alpha value is -4.09. The Kier molecular flexibility index (Phi) is 8.46. The molecule has 0 radical (unpaired) electrons. The lowest BCUT2D eigenvalue weighted by atomic mass is 9.96. The van der Waals surface area contributed by atoms with Gasteiger partial charge in [0, 0.05) is 44.5 Å². The van der Waals surface area contributed by atoms with E-state index in [4.69, 9.17) is 9.47 Å². The molecule has 0 saturated heterocycles. The van der Waals surface area contributed by atoms with Gasteiger partial charge in [0.2, 0.25) is 0 Å². The maximum Gasteiger partial charge on any atom is 0.255 e. The van der Waals surface area contributed by atoms with E-state index in [1.165, 1.54) is 29.0 Å². The number of hydrogen-bond donors (Lipinski definition) is 1. The number of benzene rings is 2. The second kappa shape index (κ2) is 12.2. The van der Waals surface area contributed by atoms with E-state index in [1.54, 1.807) is 37.2 Å². The number of nitrogens with one attached hydrogen (secondary N) is 1. The molecule has 1 amide bonds. The third kappa shape index (κ3) is 6.15. The van der Waals surface area contributed by atoms with Crippen LogP contribution < -0.4 is 10.1 Å². The van der Waals surface area contributed by atoms with Crippen LogP contribution >= 0.6 is 0 Å². The van der Waals surface area contributed by atoms with Crippen LogP contribution in [0.3, 0.4) is 0 Å². The summed E-state index contributed by atoms with van der Waals surface area (Å²) < 4.78 is 29.1. The summed E-state index contributed by atoms with van der Waals surface area (Å²) in [5.41, 5.74) is 6.09. The molecule has 10 nitrogen and oxygen atoms in total. The van der Waals surface area contributed by atoms with Gasteiger partial charge in [-0.1, -0.05) is 23.4 Å². The molecule has 0 spiro atoms. The highest BCUT2D eigenvalue weighted by Gasteiger charge is 2.22. The molecule has 0 aliphatic carbocycles. The Labute approximate surface area is 239 Å². The van der Waals surface area contributed by atoms with Crippen LogP contribution in [0.4, 0.5) is 4.39 Å². The van der Waals surface area contributed by atoms with E-state index in [0.717, 1.165) is 25.1 Å². The molecule has 11 heteroatoms. The summed E-state index contributed by atoms with van der Waals surface area (Å²) in [4.78, 5) is 15.8. The minimum absolute atomic E-state index is 0.0738. The monoisotopic (exact) mass is 561 g/mol. The molecule has 0 unspecified atom stereocenters. The molecule has 1 aliphatic heterocycles. The molecule has 5 rings (SSSR count). The van der Waals surface area contributed by atoms with Gasteiger partial charge in [0.25, 0.3) is 5.91 Å². The number of halogens is 1. The first-order chi connectivity index (χ1) is 19.8. The van der Waals surface area contributed by atoms with Gasteiger partial charge in [-0.2, -0.15) is 5.10 Å². The zero-order valence-corrected chi connectivity index (χ0v) is 24.1. The quantitative estimate of drug-likeness (QED) is 0.314.